The molecule has 0 saturated heterocycles. The van der Waals surface area contributed by atoms with Crippen molar-refractivity contribution in [1.29, 1.82) is 0 Å². The van der Waals surface area contributed by atoms with E-state index in [-0.39, 0.29) is 24.3 Å². The molecular weight excluding hydrogens is 308 g/mol. The molecule has 0 bridgehead atoms. The highest BCUT2D eigenvalue weighted by Gasteiger charge is 2.41. The van der Waals surface area contributed by atoms with Gasteiger partial charge in [0.25, 0.3) is 11.8 Å². The lowest BCUT2D eigenvalue weighted by molar-refractivity contribution is 0.0323. The maximum Gasteiger partial charge on any atom is 0.408 e. The predicted octanol–water partition coefficient (Wildman–Crippen LogP) is 3.09. The molecule has 6 heteroatoms. The number of fused-ring (bicyclic) bond motifs is 1. The first-order valence-electron chi connectivity index (χ1n) is 8.03. The molecule has 1 heterocycles. The Bertz CT molecular complexity index is 641. The maximum atomic E-state index is 12.5. The molecular formula is C18H24N2O4. The summed E-state index contributed by atoms with van der Waals surface area (Å²) in [5, 5.41) is 9.65. The maximum absolute atomic E-state index is 12.5. The third kappa shape index (κ3) is 3.13. The Morgan fingerprint density at radius 3 is 1.92 bits per heavy atom. The van der Waals surface area contributed by atoms with Crippen LogP contribution in [-0.4, -0.2) is 50.9 Å². The second kappa shape index (κ2) is 6.26. The first-order chi connectivity index (χ1) is 11.1. The standard InChI is InChI=1S/C18H24N2O4/c1-11(2)14(20(17(23)24)18(3,4)5)10-19-15(21)12-8-6-7-9-13(12)16(19)22/h6-9,11,14H,10H2,1-5H3,(H,23,24)/t14-/m0/s1. The highest BCUT2D eigenvalue weighted by molar-refractivity contribution is 6.21. The van der Waals surface area contributed by atoms with Gasteiger partial charge in [0.05, 0.1) is 23.7 Å². The van der Waals surface area contributed by atoms with E-state index in [4.69, 9.17) is 0 Å². The number of hydrogen-bond donors (Lipinski definition) is 1. The van der Waals surface area contributed by atoms with E-state index in [0.29, 0.717) is 11.1 Å². The molecule has 1 aliphatic rings. The summed E-state index contributed by atoms with van der Waals surface area (Å²) in [7, 11) is 0. The van der Waals surface area contributed by atoms with Gasteiger partial charge in [0.1, 0.15) is 0 Å². The molecule has 0 aliphatic carbocycles. The Hall–Kier alpha value is -2.37. The number of benzene rings is 1. The smallest absolute Gasteiger partial charge is 0.408 e. The fourth-order valence-corrected chi connectivity index (χ4v) is 3.11. The molecule has 1 aromatic rings. The van der Waals surface area contributed by atoms with Crippen LogP contribution in [0.25, 0.3) is 0 Å². The van der Waals surface area contributed by atoms with Crippen molar-refractivity contribution in [2.75, 3.05) is 6.54 Å². The molecule has 130 valence electrons. The highest BCUT2D eigenvalue weighted by Crippen LogP contribution is 2.27. The summed E-state index contributed by atoms with van der Waals surface area (Å²) < 4.78 is 0. The van der Waals surface area contributed by atoms with Gasteiger partial charge < -0.3 is 5.11 Å². The van der Waals surface area contributed by atoms with Gasteiger partial charge in [-0.15, -0.1) is 0 Å². The summed E-state index contributed by atoms with van der Waals surface area (Å²) >= 11 is 0. The normalized spacial score (nSPS) is 15.7. The third-order valence-electron chi connectivity index (χ3n) is 4.28. The average molecular weight is 332 g/mol. The van der Waals surface area contributed by atoms with Crippen molar-refractivity contribution in [1.82, 2.24) is 9.80 Å². The van der Waals surface area contributed by atoms with Crippen LogP contribution in [0.4, 0.5) is 4.79 Å². The quantitative estimate of drug-likeness (QED) is 0.860. The van der Waals surface area contributed by atoms with Gasteiger partial charge >= 0.3 is 6.09 Å². The van der Waals surface area contributed by atoms with Crippen LogP contribution >= 0.6 is 0 Å². The molecule has 1 aromatic carbocycles. The molecule has 1 N–H and O–H groups in total. The van der Waals surface area contributed by atoms with Crippen LogP contribution in [-0.2, 0) is 0 Å². The van der Waals surface area contributed by atoms with Gasteiger partial charge in [0, 0.05) is 5.54 Å². The second-order valence-electron chi connectivity index (χ2n) is 7.40. The van der Waals surface area contributed by atoms with E-state index >= 15 is 0 Å². The fraction of sp³-hybridized carbons (Fsp3) is 0.500. The zero-order valence-electron chi connectivity index (χ0n) is 14.7. The zero-order chi connectivity index (χ0) is 18.2. The topological polar surface area (TPSA) is 77.9 Å². The number of carboxylic acid groups (broad SMARTS) is 1. The minimum atomic E-state index is -1.06. The average Bonchev–Trinajstić information content (AvgIpc) is 2.70. The summed E-state index contributed by atoms with van der Waals surface area (Å²) in [6.07, 6.45) is -1.06. The second-order valence-corrected chi connectivity index (χ2v) is 7.40. The minimum absolute atomic E-state index is 0.0492. The molecule has 0 spiro atoms. The van der Waals surface area contributed by atoms with Crippen LogP contribution in [0.15, 0.2) is 24.3 Å². The first kappa shape index (κ1) is 18.0. The van der Waals surface area contributed by atoms with Gasteiger partial charge in [-0.25, -0.2) is 4.79 Å². The molecule has 0 unspecified atom stereocenters. The molecule has 0 aromatic heterocycles. The van der Waals surface area contributed by atoms with Crippen molar-refractivity contribution in [2.24, 2.45) is 5.92 Å². The number of hydrogen-bond acceptors (Lipinski definition) is 3. The van der Waals surface area contributed by atoms with E-state index in [1.54, 1.807) is 45.0 Å². The molecule has 1 aliphatic heterocycles. The largest absolute Gasteiger partial charge is 0.465 e. The van der Waals surface area contributed by atoms with E-state index in [1.165, 1.54) is 4.90 Å². The summed E-state index contributed by atoms with van der Waals surface area (Å²) in [6, 6.07) is 6.19. The van der Waals surface area contributed by atoms with Crippen molar-refractivity contribution in [3.8, 4) is 0 Å². The van der Waals surface area contributed by atoms with Crippen molar-refractivity contribution >= 4 is 17.9 Å². The highest BCUT2D eigenvalue weighted by atomic mass is 16.4. The van der Waals surface area contributed by atoms with E-state index in [2.05, 4.69) is 0 Å². The predicted molar refractivity (Wildman–Crippen MR) is 90.1 cm³/mol. The minimum Gasteiger partial charge on any atom is -0.465 e. The Morgan fingerprint density at radius 1 is 1.12 bits per heavy atom. The van der Waals surface area contributed by atoms with Crippen LogP contribution in [0.1, 0.15) is 55.3 Å². The van der Waals surface area contributed by atoms with Crippen LogP contribution in [0.2, 0.25) is 0 Å². The Morgan fingerprint density at radius 2 is 1.58 bits per heavy atom. The van der Waals surface area contributed by atoms with Crippen LogP contribution in [0, 0.1) is 5.92 Å². The summed E-state index contributed by atoms with van der Waals surface area (Å²) in [6.45, 7) is 9.25. The molecule has 0 radical (unpaired) electrons. The zero-order valence-corrected chi connectivity index (χ0v) is 14.7. The fourth-order valence-electron chi connectivity index (χ4n) is 3.11. The number of rotatable bonds is 4. The summed E-state index contributed by atoms with van der Waals surface area (Å²) in [5.41, 5.74) is 0.115. The molecule has 2 rings (SSSR count). The molecule has 6 nitrogen and oxygen atoms in total. The molecule has 24 heavy (non-hydrogen) atoms. The molecule has 0 saturated carbocycles. The van der Waals surface area contributed by atoms with Gasteiger partial charge in [-0.2, -0.15) is 0 Å². The number of imide groups is 1. The lowest BCUT2D eigenvalue weighted by atomic mass is 9.96. The summed E-state index contributed by atoms with van der Waals surface area (Å²) in [4.78, 5) is 39.4. The molecule has 3 amide bonds. The van der Waals surface area contributed by atoms with Crippen LogP contribution < -0.4 is 0 Å². The number of amides is 3. The van der Waals surface area contributed by atoms with Gasteiger partial charge in [0.15, 0.2) is 0 Å². The Labute approximate surface area is 142 Å². The monoisotopic (exact) mass is 332 g/mol. The van der Waals surface area contributed by atoms with Crippen molar-refractivity contribution in [2.45, 2.75) is 46.2 Å². The van der Waals surface area contributed by atoms with Gasteiger partial charge in [-0.05, 0) is 38.8 Å². The van der Waals surface area contributed by atoms with E-state index in [9.17, 15) is 19.5 Å². The SMILES string of the molecule is CC(C)[C@H](CN1C(=O)c2ccccc2C1=O)N(C(=O)O)C(C)(C)C. The number of carbonyl (C=O) groups is 3. The van der Waals surface area contributed by atoms with E-state index in [0.717, 1.165) is 4.90 Å². The number of carbonyl (C=O) groups excluding carboxylic acids is 2. The van der Waals surface area contributed by atoms with E-state index < -0.39 is 17.7 Å². The van der Waals surface area contributed by atoms with Crippen molar-refractivity contribution < 1.29 is 19.5 Å². The van der Waals surface area contributed by atoms with Gasteiger partial charge in [-0.3, -0.25) is 19.4 Å². The first-order valence-corrected chi connectivity index (χ1v) is 8.03. The molecule has 1 atom stereocenters. The van der Waals surface area contributed by atoms with Crippen LogP contribution in [0.5, 0.6) is 0 Å². The Kier molecular flexibility index (Phi) is 4.69. The van der Waals surface area contributed by atoms with Crippen molar-refractivity contribution in [3.63, 3.8) is 0 Å². The molecule has 0 fully saturated rings. The lowest BCUT2D eigenvalue weighted by Gasteiger charge is -2.42. The lowest BCUT2D eigenvalue weighted by Crippen LogP contribution is -2.57. The van der Waals surface area contributed by atoms with Gasteiger partial charge in [0.2, 0.25) is 0 Å². The van der Waals surface area contributed by atoms with Crippen LogP contribution in [0.3, 0.4) is 0 Å². The number of nitrogens with zero attached hydrogens (tertiary/aromatic N) is 2. The van der Waals surface area contributed by atoms with Crippen molar-refractivity contribution in [3.05, 3.63) is 35.4 Å². The summed E-state index contributed by atoms with van der Waals surface area (Å²) in [5.74, 6) is -0.773. The van der Waals surface area contributed by atoms with Gasteiger partial charge in [-0.1, -0.05) is 26.0 Å². The third-order valence-corrected chi connectivity index (χ3v) is 4.28. The Balaban J connectivity index is 2.35. The van der Waals surface area contributed by atoms with E-state index in [1.807, 2.05) is 13.8 Å².